The van der Waals surface area contributed by atoms with Crippen molar-refractivity contribution in [3.8, 4) is 0 Å². The van der Waals surface area contributed by atoms with E-state index in [4.69, 9.17) is 10.3 Å². The zero-order chi connectivity index (χ0) is 12.8. The van der Waals surface area contributed by atoms with Crippen LogP contribution in [0.3, 0.4) is 0 Å². The van der Waals surface area contributed by atoms with Gasteiger partial charge in [0.1, 0.15) is 0 Å². The predicted molar refractivity (Wildman–Crippen MR) is 66.1 cm³/mol. The molecule has 18 heavy (non-hydrogen) atoms. The van der Waals surface area contributed by atoms with Crippen molar-refractivity contribution in [1.29, 1.82) is 0 Å². The second-order valence-corrected chi connectivity index (χ2v) is 4.76. The first-order valence-corrected chi connectivity index (χ1v) is 6.47. The molecular weight excluding hydrogens is 234 g/mol. The number of nitrogens with zero attached hydrogens (tertiary/aromatic N) is 4. The van der Waals surface area contributed by atoms with Crippen molar-refractivity contribution in [1.82, 2.24) is 10.2 Å². The van der Waals surface area contributed by atoms with Crippen LogP contribution < -0.4 is 5.32 Å². The molecule has 1 N–H and O–H groups in total. The molecule has 100 valence electrons. The standard InChI is InChI=1S/C11H19N5O2/c12-15-14-10-1-5-16(6-2-10)11(17)13-9-3-7-18-8-4-9/h9-10H,1-8H2,(H,13,17). The van der Waals surface area contributed by atoms with Crippen LogP contribution in [-0.4, -0.2) is 49.3 Å². The van der Waals surface area contributed by atoms with Crippen molar-refractivity contribution < 1.29 is 9.53 Å². The van der Waals surface area contributed by atoms with E-state index >= 15 is 0 Å². The van der Waals surface area contributed by atoms with Gasteiger partial charge in [-0.3, -0.25) is 0 Å². The van der Waals surface area contributed by atoms with Crippen LogP contribution in [0.25, 0.3) is 10.4 Å². The Labute approximate surface area is 106 Å². The molecular formula is C11H19N5O2. The van der Waals surface area contributed by atoms with Gasteiger partial charge in [0.2, 0.25) is 0 Å². The first kappa shape index (κ1) is 13.0. The molecule has 2 fully saturated rings. The Kier molecular flexibility index (Phi) is 4.66. The number of azide groups is 1. The molecule has 2 aliphatic heterocycles. The van der Waals surface area contributed by atoms with Crippen molar-refractivity contribution in [2.45, 2.75) is 37.8 Å². The second kappa shape index (κ2) is 6.47. The van der Waals surface area contributed by atoms with Crippen molar-refractivity contribution >= 4 is 6.03 Å². The lowest BCUT2D eigenvalue weighted by Crippen LogP contribution is -2.49. The van der Waals surface area contributed by atoms with E-state index in [2.05, 4.69) is 15.3 Å². The summed E-state index contributed by atoms with van der Waals surface area (Å²) in [6.45, 7) is 2.78. The molecule has 2 rings (SSSR count). The van der Waals surface area contributed by atoms with E-state index in [0.29, 0.717) is 13.1 Å². The fraction of sp³-hybridized carbons (Fsp3) is 0.909. The third kappa shape index (κ3) is 3.51. The van der Waals surface area contributed by atoms with Gasteiger partial charge in [0.15, 0.2) is 0 Å². The van der Waals surface area contributed by atoms with Crippen LogP contribution in [0.15, 0.2) is 5.11 Å². The van der Waals surface area contributed by atoms with Crippen LogP contribution in [0.4, 0.5) is 4.79 Å². The van der Waals surface area contributed by atoms with Crippen molar-refractivity contribution in [2.75, 3.05) is 26.3 Å². The van der Waals surface area contributed by atoms with E-state index in [9.17, 15) is 4.79 Å². The molecule has 0 aromatic rings. The molecule has 0 aliphatic carbocycles. The molecule has 0 atom stereocenters. The maximum Gasteiger partial charge on any atom is 0.317 e. The highest BCUT2D eigenvalue weighted by Crippen LogP contribution is 2.14. The molecule has 0 bridgehead atoms. The molecule has 2 saturated heterocycles. The number of carbonyl (C=O) groups is 1. The van der Waals surface area contributed by atoms with Gasteiger partial charge in [0, 0.05) is 43.3 Å². The van der Waals surface area contributed by atoms with E-state index in [1.807, 2.05) is 0 Å². The van der Waals surface area contributed by atoms with Crippen molar-refractivity contribution in [2.24, 2.45) is 5.11 Å². The number of nitrogens with one attached hydrogen (secondary N) is 1. The Morgan fingerprint density at radius 3 is 2.56 bits per heavy atom. The van der Waals surface area contributed by atoms with E-state index in [-0.39, 0.29) is 18.1 Å². The summed E-state index contributed by atoms with van der Waals surface area (Å²) in [5.74, 6) is 0. The van der Waals surface area contributed by atoms with Gasteiger partial charge in [0.05, 0.1) is 0 Å². The molecule has 7 heteroatoms. The number of piperidine rings is 1. The van der Waals surface area contributed by atoms with Crippen LogP contribution >= 0.6 is 0 Å². The summed E-state index contributed by atoms with van der Waals surface area (Å²) < 4.78 is 5.26. The first-order chi connectivity index (χ1) is 8.79. The van der Waals surface area contributed by atoms with E-state index in [1.54, 1.807) is 4.90 Å². The maximum atomic E-state index is 12.0. The number of hydrogen-bond donors (Lipinski definition) is 1. The highest BCUT2D eigenvalue weighted by Gasteiger charge is 2.24. The van der Waals surface area contributed by atoms with Gasteiger partial charge in [-0.1, -0.05) is 5.11 Å². The van der Waals surface area contributed by atoms with Crippen LogP contribution in [0.2, 0.25) is 0 Å². The van der Waals surface area contributed by atoms with E-state index in [0.717, 1.165) is 38.9 Å². The largest absolute Gasteiger partial charge is 0.381 e. The third-order valence-electron chi connectivity index (χ3n) is 3.52. The summed E-state index contributed by atoms with van der Waals surface area (Å²) in [4.78, 5) is 16.6. The summed E-state index contributed by atoms with van der Waals surface area (Å²) >= 11 is 0. The zero-order valence-electron chi connectivity index (χ0n) is 10.4. The van der Waals surface area contributed by atoms with Gasteiger partial charge in [-0.15, -0.1) is 0 Å². The van der Waals surface area contributed by atoms with Crippen LogP contribution in [0, 0.1) is 0 Å². The summed E-state index contributed by atoms with van der Waals surface area (Å²) in [7, 11) is 0. The highest BCUT2D eigenvalue weighted by atomic mass is 16.5. The van der Waals surface area contributed by atoms with Gasteiger partial charge < -0.3 is 15.0 Å². The zero-order valence-corrected chi connectivity index (χ0v) is 10.4. The smallest absolute Gasteiger partial charge is 0.317 e. The van der Waals surface area contributed by atoms with Crippen LogP contribution in [0.5, 0.6) is 0 Å². The Balaban J connectivity index is 1.74. The minimum Gasteiger partial charge on any atom is -0.381 e. The molecule has 0 aromatic heterocycles. The van der Waals surface area contributed by atoms with Gasteiger partial charge in [0.25, 0.3) is 0 Å². The monoisotopic (exact) mass is 253 g/mol. The minimum atomic E-state index is 0.00119. The van der Waals surface area contributed by atoms with Crippen molar-refractivity contribution in [3.63, 3.8) is 0 Å². The topological polar surface area (TPSA) is 90.3 Å². The quantitative estimate of drug-likeness (QED) is 0.460. The Morgan fingerprint density at radius 2 is 1.94 bits per heavy atom. The van der Waals surface area contributed by atoms with E-state index < -0.39 is 0 Å². The number of ether oxygens (including phenoxy) is 1. The average molecular weight is 253 g/mol. The lowest BCUT2D eigenvalue weighted by atomic mass is 10.1. The summed E-state index contributed by atoms with van der Waals surface area (Å²) in [5.41, 5.74) is 8.36. The molecule has 0 unspecified atom stereocenters. The Morgan fingerprint density at radius 1 is 1.28 bits per heavy atom. The lowest BCUT2D eigenvalue weighted by molar-refractivity contribution is 0.0775. The number of rotatable bonds is 2. The number of amides is 2. The summed E-state index contributed by atoms with van der Waals surface area (Å²) in [5, 5.41) is 6.74. The Hall–Kier alpha value is -1.46. The predicted octanol–water partition coefficient (Wildman–Crippen LogP) is 1.65. The van der Waals surface area contributed by atoms with Gasteiger partial charge in [-0.2, -0.15) is 0 Å². The second-order valence-electron chi connectivity index (χ2n) is 4.76. The van der Waals surface area contributed by atoms with Gasteiger partial charge in [-0.05, 0) is 31.2 Å². The normalized spacial score (nSPS) is 22.3. The van der Waals surface area contributed by atoms with E-state index in [1.165, 1.54) is 0 Å². The van der Waals surface area contributed by atoms with Crippen LogP contribution in [-0.2, 0) is 4.74 Å². The summed E-state index contributed by atoms with van der Waals surface area (Å²) in [6.07, 6.45) is 3.29. The molecule has 2 amide bonds. The SMILES string of the molecule is [N-]=[N+]=NC1CCN(C(=O)NC2CCOCC2)CC1. The van der Waals surface area contributed by atoms with Gasteiger partial charge >= 0.3 is 6.03 Å². The number of hydrogen-bond acceptors (Lipinski definition) is 3. The maximum absolute atomic E-state index is 12.0. The summed E-state index contributed by atoms with van der Waals surface area (Å²) in [6, 6.07) is 0.282. The molecule has 0 saturated carbocycles. The van der Waals surface area contributed by atoms with Crippen LogP contribution in [0.1, 0.15) is 25.7 Å². The lowest BCUT2D eigenvalue weighted by Gasteiger charge is -2.32. The molecule has 0 aromatic carbocycles. The Bertz CT molecular complexity index is 328. The molecule has 2 aliphatic rings. The number of likely N-dealkylation sites (tertiary alicyclic amines) is 1. The average Bonchev–Trinajstić information content (AvgIpc) is 2.41. The third-order valence-corrected chi connectivity index (χ3v) is 3.52. The molecule has 0 spiro atoms. The first-order valence-electron chi connectivity index (χ1n) is 6.47. The van der Waals surface area contributed by atoms with Crippen molar-refractivity contribution in [3.05, 3.63) is 10.4 Å². The number of urea groups is 1. The molecule has 2 heterocycles. The van der Waals surface area contributed by atoms with Gasteiger partial charge in [-0.25, -0.2) is 4.79 Å². The molecule has 7 nitrogen and oxygen atoms in total. The molecule has 0 radical (unpaired) electrons. The number of carbonyl (C=O) groups excluding carboxylic acids is 1. The highest BCUT2D eigenvalue weighted by molar-refractivity contribution is 5.74. The fourth-order valence-electron chi connectivity index (χ4n) is 2.37. The fourth-order valence-corrected chi connectivity index (χ4v) is 2.37. The minimum absolute atomic E-state index is 0.00119.